The minimum absolute atomic E-state index is 0.719. The van der Waals surface area contributed by atoms with Gasteiger partial charge in [0.1, 0.15) is 0 Å². The Morgan fingerprint density at radius 2 is 2.06 bits per heavy atom. The zero-order chi connectivity index (χ0) is 11.5. The number of anilines is 2. The molecule has 3 heteroatoms. The molecule has 0 saturated carbocycles. The van der Waals surface area contributed by atoms with Gasteiger partial charge in [-0.15, -0.1) is 0 Å². The quantitative estimate of drug-likeness (QED) is 0.820. The molecule has 0 unspecified atom stereocenters. The molecular weight excluding hydrogens is 198 g/mol. The van der Waals surface area contributed by atoms with Crippen molar-refractivity contribution in [3.05, 3.63) is 23.8 Å². The predicted molar refractivity (Wildman–Crippen MR) is 70.3 cm³/mol. The van der Waals surface area contributed by atoms with Crippen molar-refractivity contribution in [3.8, 4) is 0 Å². The molecule has 1 aliphatic heterocycles. The number of nitrogens with zero attached hydrogens (tertiary/aromatic N) is 2. The number of hydrogen-bond donors (Lipinski definition) is 1. The summed E-state index contributed by atoms with van der Waals surface area (Å²) in [5.74, 6) is 0. The third-order valence-electron chi connectivity index (χ3n) is 3.20. The summed E-state index contributed by atoms with van der Waals surface area (Å²) in [6.07, 6.45) is 1.20. The van der Waals surface area contributed by atoms with Gasteiger partial charge in [-0.2, -0.15) is 0 Å². The van der Waals surface area contributed by atoms with Crippen LogP contribution in [0.25, 0.3) is 0 Å². The van der Waals surface area contributed by atoms with Gasteiger partial charge in [0.25, 0.3) is 0 Å². The van der Waals surface area contributed by atoms with Crippen molar-refractivity contribution in [2.24, 2.45) is 5.73 Å². The minimum atomic E-state index is 0.719. The zero-order valence-corrected chi connectivity index (χ0v) is 10.2. The lowest BCUT2D eigenvalue weighted by atomic mass is 10.1. The Hall–Kier alpha value is -1.22. The first-order chi connectivity index (χ1) is 7.72. The molecule has 0 bridgehead atoms. The third-order valence-corrected chi connectivity index (χ3v) is 3.20. The first-order valence-corrected chi connectivity index (χ1v) is 5.99. The average Bonchev–Trinajstić information content (AvgIpc) is 2.40. The van der Waals surface area contributed by atoms with E-state index >= 15 is 0 Å². The van der Waals surface area contributed by atoms with Crippen LogP contribution in [-0.2, 0) is 0 Å². The Kier molecular flexibility index (Phi) is 3.34. The summed E-state index contributed by atoms with van der Waals surface area (Å²) in [5.41, 5.74) is 9.67. The molecule has 0 amide bonds. The molecule has 0 aromatic heterocycles. The lowest BCUT2D eigenvalue weighted by molar-refractivity contribution is 0.741. The van der Waals surface area contributed by atoms with Crippen molar-refractivity contribution in [1.82, 2.24) is 0 Å². The monoisotopic (exact) mass is 219 g/mol. The molecule has 0 saturated heterocycles. The highest BCUT2D eigenvalue weighted by molar-refractivity contribution is 5.72. The smallest absolute Gasteiger partial charge is 0.0607 e. The summed E-state index contributed by atoms with van der Waals surface area (Å²) in [5, 5.41) is 0. The van der Waals surface area contributed by atoms with Gasteiger partial charge in [-0.05, 0) is 31.0 Å². The molecule has 1 heterocycles. The van der Waals surface area contributed by atoms with Gasteiger partial charge >= 0.3 is 0 Å². The van der Waals surface area contributed by atoms with Crippen molar-refractivity contribution < 1.29 is 0 Å². The van der Waals surface area contributed by atoms with Crippen LogP contribution >= 0.6 is 0 Å². The molecule has 0 aliphatic carbocycles. The number of rotatable bonds is 2. The molecule has 1 aliphatic rings. The maximum atomic E-state index is 5.68. The van der Waals surface area contributed by atoms with Crippen LogP contribution in [-0.4, -0.2) is 33.2 Å². The van der Waals surface area contributed by atoms with Crippen LogP contribution in [0.3, 0.4) is 0 Å². The Morgan fingerprint density at radius 3 is 2.81 bits per heavy atom. The third kappa shape index (κ3) is 2.14. The summed E-state index contributed by atoms with van der Waals surface area (Å²) in [7, 11) is 2.17. The fourth-order valence-electron chi connectivity index (χ4n) is 2.34. The largest absolute Gasteiger partial charge is 0.373 e. The number of nitrogens with two attached hydrogens (primary N) is 1. The Labute approximate surface area is 97.8 Å². The van der Waals surface area contributed by atoms with Gasteiger partial charge in [0.05, 0.1) is 11.4 Å². The van der Waals surface area contributed by atoms with E-state index in [1.54, 1.807) is 0 Å². The zero-order valence-electron chi connectivity index (χ0n) is 10.2. The maximum Gasteiger partial charge on any atom is 0.0607 e. The lowest BCUT2D eigenvalue weighted by Gasteiger charge is -2.25. The van der Waals surface area contributed by atoms with Gasteiger partial charge < -0.3 is 15.5 Å². The van der Waals surface area contributed by atoms with E-state index in [0.29, 0.717) is 0 Å². The molecule has 0 fully saturated rings. The summed E-state index contributed by atoms with van der Waals surface area (Å²) in [6.45, 7) is 6.04. The van der Waals surface area contributed by atoms with Gasteiger partial charge in [0.15, 0.2) is 0 Å². The summed E-state index contributed by atoms with van der Waals surface area (Å²) < 4.78 is 0. The molecule has 3 nitrogen and oxygen atoms in total. The molecule has 2 rings (SSSR count). The van der Waals surface area contributed by atoms with Gasteiger partial charge in [0, 0.05) is 33.2 Å². The Balaban J connectivity index is 2.40. The molecule has 0 atom stereocenters. The highest BCUT2D eigenvalue weighted by Gasteiger charge is 2.17. The van der Waals surface area contributed by atoms with E-state index < -0.39 is 0 Å². The van der Waals surface area contributed by atoms with Crippen molar-refractivity contribution in [1.29, 1.82) is 0 Å². The average molecular weight is 219 g/mol. The molecular formula is C13H21N3. The summed E-state index contributed by atoms with van der Waals surface area (Å²) in [6, 6.07) is 6.67. The van der Waals surface area contributed by atoms with Gasteiger partial charge in [-0.3, -0.25) is 0 Å². The van der Waals surface area contributed by atoms with Crippen LogP contribution in [0.15, 0.2) is 18.2 Å². The molecule has 1 aromatic carbocycles. The fourth-order valence-corrected chi connectivity index (χ4v) is 2.34. The van der Waals surface area contributed by atoms with Crippen molar-refractivity contribution in [2.45, 2.75) is 13.3 Å². The van der Waals surface area contributed by atoms with Crippen LogP contribution in [0.5, 0.6) is 0 Å². The Morgan fingerprint density at radius 1 is 1.25 bits per heavy atom. The van der Waals surface area contributed by atoms with Crippen LogP contribution in [0.4, 0.5) is 11.4 Å². The van der Waals surface area contributed by atoms with E-state index in [1.807, 2.05) is 0 Å². The van der Waals surface area contributed by atoms with E-state index in [9.17, 15) is 0 Å². The van der Waals surface area contributed by atoms with Crippen LogP contribution in [0.1, 0.15) is 12.0 Å². The SMILES string of the molecule is Cc1ccc2c(c1)N(CCN)CCCN2C. The molecule has 2 N–H and O–H groups in total. The summed E-state index contributed by atoms with van der Waals surface area (Å²) in [4.78, 5) is 4.75. The number of hydrogen-bond acceptors (Lipinski definition) is 3. The highest BCUT2D eigenvalue weighted by atomic mass is 15.2. The van der Waals surface area contributed by atoms with E-state index in [2.05, 4.69) is 42.0 Å². The second-order valence-electron chi connectivity index (χ2n) is 4.54. The first kappa shape index (κ1) is 11.3. The second-order valence-corrected chi connectivity index (χ2v) is 4.54. The first-order valence-electron chi connectivity index (χ1n) is 5.99. The second kappa shape index (κ2) is 4.74. The van der Waals surface area contributed by atoms with Crippen molar-refractivity contribution in [2.75, 3.05) is 43.0 Å². The van der Waals surface area contributed by atoms with Crippen LogP contribution in [0.2, 0.25) is 0 Å². The van der Waals surface area contributed by atoms with Gasteiger partial charge in [-0.1, -0.05) is 6.07 Å². The number of aryl methyl sites for hydroxylation is 1. The Bertz CT molecular complexity index is 362. The van der Waals surface area contributed by atoms with E-state index in [1.165, 1.54) is 23.4 Å². The predicted octanol–water partition coefficient (Wildman–Crippen LogP) is 1.60. The normalized spacial score (nSPS) is 15.9. The van der Waals surface area contributed by atoms with E-state index in [0.717, 1.165) is 26.2 Å². The van der Waals surface area contributed by atoms with Crippen molar-refractivity contribution >= 4 is 11.4 Å². The molecule has 88 valence electrons. The summed E-state index contributed by atoms with van der Waals surface area (Å²) >= 11 is 0. The highest BCUT2D eigenvalue weighted by Crippen LogP contribution is 2.32. The van der Waals surface area contributed by atoms with Gasteiger partial charge in [0.2, 0.25) is 0 Å². The van der Waals surface area contributed by atoms with Gasteiger partial charge in [-0.25, -0.2) is 0 Å². The standard InChI is InChI=1S/C13H21N3/c1-11-4-5-12-13(10-11)16(9-6-14)8-3-7-15(12)2/h4-5,10H,3,6-9,14H2,1-2H3. The van der Waals surface area contributed by atoms with Crippen LogP contribution < -0.4 is 15.5 Å². The molecule has 16 heavy (non-hydrogen) atoms. The number of fused-ring (bicyclic) bond motifs is 1. The topological polar surface area (TPSA) is 32.5 Å². The number of benzene rings is 1. The molecule has 0 spiro atoms. The fraction of sp³-hybridized carbons (Fsp3) is 0.538. The lowest BCUT2D eigenvalue weighted by Crippen LogP contribution is -2.29. The van der Waals surface area contributed by atoms with Crippen molar-refractivity contribution in [3.63, 3.8) is 0 Å². The van der Waals surface area contributed by atoms with E-state index in [4.69, 9.17) is 5.73 Å². The molecule has 0 radical (unpaired) electrons. The minimum Gasteiger partial charge on any atom is -0.373 e. The maximum absolute atomic E-state index is 5.68. The van der Waals surface area contributed by atoms with E-state index in [-0.39, 0.29) is 0 Å². The molecule has 1 aromatic rings. The van der Waals surface area contributed by atoms with Crippen LogP contribution in [0, 0.1) is 6.92 Å².